The van der Waals surface area contributed by atoms with Crippen LogP contribution in [0.3, 0.4) is 0 Å². The van der Waals surface area contributed by atoms with Gasteiger partial charge in [-0.25, -0.2) is 16.8 Å². The van der Waals surface area contributed by atoms with E-state index in [1.54, 1.807) is 0 Å². The maximum Gasteiger partial charge on any atom is 0.228 e. The minimum Gasteiger partial charge on any atom is -0.313 e. The molecule has 1 aliphatic heterocycles. The van der Waals surface area contributed by atoms with Crippen molar-refractivity contribution in [1.82, 2.24) is 9.62 Å². The molecule has 0 aromatic heterocycles. The topological polar surface area (TPSA) is 83.5 Å². The van der Waals surface area contributed by atoms with Crippen molar-refractivity contribution in [2.45, 2.75) is 31.7 Å². The number of sulfonamides is 1. The summed E-state index contributed by atoms with van der Waals surface area (Å²) in [6, 6.07) is 0.160. The van der Waals surface area contributed by atoms with Crippen LogP contribution in [0, 0.1) is 5.92 Å². The summed E-state index contributed by atoms with van der Waals surface area (Å²) in [5, 5.41) is 2.48. The first-order chi connectivity index (χ1) is 8.76. The number of rotatable bonds is 7. The molecule has 19 heavy (non-hydrogen) atoms. The van der Waals surface area contributed by atoms with Gasteiger partial charge in [0.05, 0.1) is 0 Å². The van der Waals surface area contributed by atoms with E-state index in [-0.39, 0.29) is 6.04 Å². The molecule has 0 spiro atoms. The number of hydrogen-bond donors (Lipinski definition) is 1. The lowest BCUT2D eigenvalue weighted by atomic mass is 10.2. The molecular formula is C11H22N2O4S2. The van der Waals surface area contributed by atoms with E-state index in [4.69, 9.17) is 0 Å². The first-order valence-corrected chi connectivity index (χ1v) is 10.3. The monoisotopic (exact) mass is 310 g/mol. The summed E-state index contributed by atoms with van der Waals surface area (Å²) in [6.07, 6.45) is 5.06. The van der Waals surface area contributed by atoms with Gasteiger partial charge in [0.25, 0.3) is 0 Å². The van der Waals surface area contributed by atoms with E-state index in [9.17, 15) is 16.8 Å². The van der Waals surface area contributed by atoms with Crippen molar-refractivity contribution in [3.05, 3.63) is 0 Å². The van der Waals surface area contributed by atoms with Gasteiger partial charge in [-0.05, 0) is 38.1 Å². The Bertz CT molecular complexity index is 505. The second-order valence-electron chi connectivity index (χ2n) is 5.71. The summed E-state index contributed by atoms with van der Waals surface area (Å²) >= 11 is 0. The van der Waals surface area contributed by atoms with Crippen molar-refractivity contribution >= 4 is 19.9 Å². The standard InChI is InChI=1S/C11H22N2O4S2/c1-18(14,15)9-19(16,17)13(7-10-4-5-10)8-11-3-2-6-12-11/h10-12H,2-9H2,1H3. The molecule has 1 aliphatic carbocycles. The molecule has 0 amide bonds. The molecule has 0 aromatic rings. The first-order valence-electron chi connectivity index (χ1n) is 6.65. The average Bonchev–Trinajstić information content (AvgIpc) is 2.88. The van der Waals surface area contributed by atoms with Gasteiger partial charge >= 0.3 is 0 Å². The smallest absolute Gasteiger partial charge is 0.228 e. The molecule has 0 bridgehead atoms. The second-order valence-corrected chi connectivity index (χ2v) is 10.2. The van der Waals surface area contributed by atoms with Crippen LogP contribution in [0.2, 0.25) is 0 Å². The predicted octanol–water partition coefficient (Wildman–Crippen LogP) is -0.218. The summed E-state index contributed by atoms with van der Waals surface area (Å²) < 4.78 is 48.4. The summed E-state index contributed by atoms with van der Waals surface area (Å²) in [5.74, 6) is 0.413. The minimum atomic E-state index is -3.72. The molecule has 1 saturated carbocycles. The van der Waals surface area contributed by atoms with Gasteiger partial charge in [-0.15, -0.1) is 0 Å². The van der Waals surface area contributed by atoms with Crippen molar-refractivity contribution in [1.29, 1.82) is 0 Å². The normalized spacial score (nSPS) is 25.1. The van der Waals surface area contributed by atoms with E-state index in [0.29, 0.717) is 19.0 Å². The number of nitrogens with zero attached hydrogens (tertiary/aromatic N) is 1. The van der Waals surface area contributed by atoms with Crippen LogP contribution in [0.1, 0.15) is 25.7 Å². The van der Waals surface area contributed by atoms with E-state index < -0.39 is 24.9 Å². The fourth-order valence-electron chi connectivity index (χ4n) is 2.39. The molecule has 0 radical (unpaired) electrons. The largest absolute Gasteiger partial charge is 0.313 e. The Labute approximate surface area is 115 Å². The summed E-state index contributed by atoms with van der Waals surface area (Å²) in [4.78, 5) is 0. The maximum absolute atomic E-state index is 12.2. The van der Waals surface area contributed by atoms with Crippen molar-refractivity contribution in [3.8, 4) is 0 Å². The van der Waals surface area contributed by atoms with E-state index in [1.165, 1.54) is 4.31 Å². The molecular weight excluding hydrogens is 288 g/mol. The Balaban J connectivity index is 2.06. The fraction of sp³-hybridized carbons (Fsp3) is 1.00. The molecule has 2 rings (SSSR count). The van der Waals surface area contributed by atoms with Crippen LogP contribution in [0.25, 0.3) is 0 Å². The Morgan fingerprint density at radius 2 is 1.79 bits per heavy atom. The molecule has 8 heteroatoms. The summed E-state index contributed by atoms with van der Waals surface area (Å²) in [6.45, 7) is 1.78. The third-order valence-corrected chi connectivity index (χ3v) is 7.49. The molecule has 112 valence electrons. The van der Waals surface area contributed by atoms with Crippen LogP contribution < -0.4 is 5.32 Å². The molecule has 1 unspecified atom stereocenters. The average molecular weight is 310 g/mol. The van der Waals surface area contributed by atoms with Crippen LogP contribution in [-0.2, 0) is 19.9 Å². The van der Waals surface area contributed by atoms with Gasteiger partial charge in [-0.3, -0.25) is 0 Å². The lowest BCUT2D eigenvalue weighted by Crippen LogP contribution is -2.44. The van der Waals surface area contributed by atoms with Crippen LogP contribution in [-0.4, -0.2) is 58.2 Å². The van der Waals surface area contributed by atoms with E-state index in [2.05, 4.69) is 5.32 Å². The van der Waals surface area contributed by atoms with Crippen LogP contribution in [0.15, 0.2) is 0 Å². The van der Waals surface area contributed by atoms with Gasteiger partial charge in [0.2, 0.25) is 10.0 Å². The van der Waals surface area contributed by atoms with E-state index in [1.807, 2.05) is 0 Å². The lowest BCUT2D eigenvalue weighted by Gasteiger charge is -2.24. The zero-order valence-corrected chi connectivity index (χ0v) is 12.8. The highest BCUT2D eigenvalue weighted by atomic mass is 32.3. The van der Waals surface area contributed by atoms with Crippen LogP contribution in [0.5, 0.6) is 0 Å². The van der Waals surface area contributed by atoms with E-state index >= 15 is 0 Å². The fourth-order valence-corrected chi connectivity index (χ4v) is 6.00. The van der Waals surface area contributed by atoms with Gasteiger partial charge in [0.15, 0.2) is 14.9 Å². The quantitative estimate of drug-likeness (QED) is 0.703. The predicted molar refractivity (Wildman–Crippen MR) is 74.0 cm³/mol. The summed E-state index contributed by atoms with van der Waals surface area (Å²) in [5.41, 5.74) is 0. The van der Waals surface area contributed by atoms with Gasteiger partial charge in [0, 0.05) is 25.4 Å². The molecule has 6 nitrogen and oxygen atoms in total. The van der Waals surface area contributed by atoms with Crippen molar-refractivity contribution in [3.63, 3.8) is 0 Å². The Kier molecular flexibility index (Phi) is 4.54. The van der Waals surface area contributed by atoms with Gasteiger partial charge in [-0.2, -0.15) is 4.31 Å². The van der Waals surface area contributed by atoms with Crippen molar-refractivity contribution < 1.29 is 16.8 Å². The Hall–Kier alpha value is -0.180. The van der Waals surface area contributed by atoms with E-state index in [0.717, 1.165) is 38.5 Å². The minimum absolute atomic E-state index is 0.160. The molecule has 1 N–H and O–H groups in total. The number of nitrogens with one attached hydrogen (secondary N) is 1. The maximum atomic E-state index is 12.2. The third-order valence-electron chi connectivity index (χ3n) is 3.50. The Morgan fingerprint density at radius 1 is 1.11 bits per heavy atom. The highest BCUT2D eigenvalue weighted by molar-refractivity contribution is 8.06. The number of hydrogen-bond acceptors (Lipinski definition) is 5. The highest BCUT2D eigenvalue weighted by Crippen LogP contribution is 2.31. The highest BCUT2D eigenvalue weighted by Gasteiger charge is 2.34. The molecule has 1 saturated heterocycles. The van der Waals surface area contributed by atoms with Gasteiger partial charge in [-0.1, -0.05) is 0 Å². The third kappa shape index (κ3) is 5.02. The van der Waals surface area contributed by atoms with Gasteiger partial charge in [0.1, 0.15) is 0 Å². The second kappa shape index (κ2) is 5.67. The zero-order valence-electron chi connectivity index (χ0n) is 11.2. The van der Waals surface area contributed by atoms with Crippen molar-refractivity contribution in [2.75, 3.05) is 31.0 Å². The van der Waals surface area contributed by atoms with Gasteiger partial charge < -0.3 is 5.32 Å². The molecule has 1 atom stereocenters. The molecule has 2 aliphatic rings. The molecule has 1 heterocycles. The Morgan fingerprint density at radius 3 is 2.26 bits per heavy atom. The molecule has 0 aromatic carbocycles. The lowest BCUT2D eigenvalue weighted by molar-refractivity contribution is 0.360. The number of sulfone groups is 1. The van der Waals surface area contributed by atoms with Crippen molar-refractivity contribution in [2.24, 2.45) is 5.92 Å². The zero-order chi connectivity index (χ0) is 14.1. The van der Waals surface area contributed by atoms with Crippen LogP contribution >= 0.6 is 0 Å². The van der Waals surface area contributed by atoms with Crippen LogP contribution in [0.4, 0.5) is 0 Å². The SMILES string of the molecule is CS(=O)(=O)CS(=O)(=O)N(CC1CC1)CC1CCCN1. The first kappa shape index (κ1) is 15.2. The molecule has 2 fully saturated rings. The summed E-state index contributed by atoms with van der Waals surface area (Å²) in [7, 11) is -7.24.